The number of ether oxygens (including phenoxy) is 1. The zero-order valence-electron chi connectivity index (χ0n) is 23.0. The zero-order valence-corrected chi connectivity index (χ0v) is 23.0. The molecule has 2 N–H and O–H groups in total. The maximum Gasteiger partial charge on any atom is 0.365 e. The molecule has 0 saturated heterocycles. The number of allylic oxidation sites excluding steroid dienone is 1. The minimum absolute atomic E-state index is 0.189. The standard InChI is InChI=1S/C30H50N3O2/c1-20(2)7-6-8-21(3)25-11-12-26-24-10-9-22-17-23(34-18-33-19-35-28(31)32-33)13-15-29(22,4)27(24)14-16-30(25,26)5/h9,19-21,23-27H,6-8,10-18H2,1-5H3,(H2,31,32)/q+1/t21-,23+,24+,25-,26+,27+,29+,30-/m1/s1. The van der Waals surface area contributed by atoms with Crippen LogP contribution in [0.15, 0.2) is 22.5 Å². The summed E-state index contributed by atoms with van der Waals surface area (Å²) >= 11 is 0. The van der Waals surface area contributed by atoms with E-state index in [1.54, 1.807) is 10.3 Å². The van der Waals surface area contributed by atoms with E-state index in [1.807, 2.05) is 0 Å². The first-order valence-corrected chi connectivity index (χ1v) is 14.6. The lowest BCUT2D eigenvalue weighted by molar-refractivity contribution is -0.786. The van der Waals surface area contributed by atoms with Crippen LogP contribution in [0.5, 0.6) is 0 Å². The molecule has 0 bridgehead atoms. The second kappa shape index (κ2) is 9.84. The lowest BCUT2D eigenvalue weighted by atomic mass is 9.47. The number of nitrogen functional groups attached to an aromatic ring is 1. The van der Waals surface area contributed by atoms with Crippen molar-refractivity contribution in [2.24, 2.45) is 46.3 Å². The summed E-state index contributed by atoms with van der Waals surface area (Å²) in [5.41, 5.74) is 8.21. The van der Waals surface area contributed by atoms with Gasteiger partial charge in [0.05, 0.1) is 11.2 Å². The summed E-state index contributed by atoms with van der Waals surface area (Å²) in [6.45, 7) is 13.0. The molecule has 0 aliphatic heterocycles. The Morgan fingerprint density at radius 1 is 1.11 bits per heavy atom. The molecule has 0 unspecified atom stereocenters. The van der Waals surface area contributed by atoms with Crippen molar-refractivity contribution in [1.29, 1.82) is 0 Å². The van der Waals surface area contributed by atoms with Crippen LogP contribution in [-0.4, -0.2) is 11.2 Å². The van der Waals surface area contributed by atoms with Crippen LogP contribution < -0.4 is 10.4 Å². The van der Waals surface area contributed by atoms with Gasteiger partial charge in [0.25, 0.3) is 6.73 Å². The lowest BCUT2D eigenvalue weighted by Gasteiger charge is -2.58. The van der Waals surface area contributed by atoms with E-state index in [-0.39, 0.29) is 12.1 Å². The average molecular weight is 485 g/mol. The number of fused-ring (bicyclic) bond motifs is 5. The third-order valence-corrected chi connectivity index (χ3v) is 11.2. The van der Waals surface area contributed by atoms with Crippen LogP contribution in [0.4, 0.5) is 6.01 Å². The highest BCUT2D eigenvalue weighted by molar-refractivity contribution is 5.25. The van der Waals surface area contributed by atoms with Crippen molar-refractivity contribution in [1.82, 2.24) is 5.10 Å². The summed E-state index contributed by atoms with van der Waals surface area (Å²) in [6, 6.07) is 0.189. The van der Waals surface area contributed by atoms with Gasteiger partial charge in [-0.15, -0.1) is 0 Å². The predicted molar refractivity (Wildman–Crippen MR) is 139 cm³/mol. The van der Waals surface area contributed by atoms with Crippen molar-refractivity contribution < 1.29 is 13.8 Å². The Labute approximate surface area is 213 Å². The summed E-state index contributed by atoms with van der Waals surface area (Å²) in [4.78, 5) is 0. The number of anilines is 1. The minimum atomic E-state index is 0.189. The highest BCUT2D eigenvalue weighted by Gasteiger charge is 2.59. The van der Waals surface area contributed by atoms with Crippen LogP contribution in [-0.2, 0) is 11.5 Å². The molecule has 1 aromatic rings. The van der Waals surface area contributed by atoms with E-state index in [1.165, 1.54) is 64.2 Å². The van der Waals surface area contributed by atoms with Gasteiger partial charge < -0.3 is 14.9 Å². The minimum Gasteiger partial charge on any atom is -0.370 e. The average Bonchev–Trinajstić information content (AvgIpc) is 3.39. The van der Waals surface area contributed by atoms with E-state index in [4.69, 9.17) is 14.9 Å². The van der Waals surface area contributed by atoms with E-state index >= 15 is 0 Å². The van der Waals surface area contributed by atoms with Gasteiger partial charge in [0.2, 0.25) is 0 Å². The molecule has 4 aliphatic carbocycles. The second-order valence-corrected chi connectivity index (χ2v) is 13.6. The Morgan fingerprint density at radius 2 is 1.94 bits per heavy atom. The maximum absolute atomic E-state index is 6.23. The molecule has 35 heavy (non-hydrogen) atoms. The van der Waals surface area contributed by atoms with Crippen LogP contribution in [0.3, 0.4) is 0 Å². The fourth-order valence-electron chi connectivity index (χ4n) is 9.32. The van der Waals surface area contributed by atoms with Crippen LogP contribution >= 0.6 is 0 Å². The molecular formula is C30H50N3O2+. The van der Waals surface area contributed by atoms with E-state index < -0.39 is 0 Å². The molecule has 0 aromatic carbocycles. The van der Waals surface area contributed by atoms with E-state index in [0.717, 1.165) is 48.3 Å². The Bertz CT molecular complexity index is 909. The van der Waals surface area contributed by atoms with Crippen molar-refractivity contribution in [3.8, 4) is 0 Å². The quantitative estimate of drug-likeness (QED) is 0.321. The van der Waals surface area contributed by atoms with Crippen LogP contribution in [0, 0.1) is 46.3 Å². The smallest absolute Gasteiger partial charge is 0.365 e. The number of nitrogens with two attached hydrogens (primary N) is 1. The van der Waals surface area contributed by atoms with Crippen molar-refractivity contribution in [2.45, 2.75) is 118 Å². The van der Waals surface area contributed by atoms with Gasteiger partial charge in [-0.2, -0.15) is 0 Å². The van der Waals surface area contributed by atoms with Gasteiger partial charge in [-0.25, -0.2) is 0 Å². The summed E-state index contributed by atoms with van der Waals surface area (Å²) in [5.74, 6) is 5.34. The van der Waals surface area contributed by atoms with Gasteiger partial charge in [-0.05, 0) is 102 Å². The number of hydrogen-bond donors (Lipinski definition) is 1. The maximum atomic E-state index is 6.23. The zero-order chi connectivity index (χ0) is 24.8. The SMILES string of the molecule is CC(C)CCC[C@@H](C)[C@H]1CC[C@H]2[C@@H]3CC=C4C[C@@H](OC[n+]5coc(N)n5)CC[C@]4(C)[C@H]3CC[C@]12C. The van der Waals surface area contributed by atoms with Gasteiger partial charge in [-0.1, -0.05) is 65.5 Å². The topological polar surface area (TPSA) is 65.2 Å². The van der Waals surface area contributed by atoms with Crippen molar-refractivity contribution >= 4 is 6.01 Å². The van der Waals surface area contributed by atoms with Crippen molar-refractivity contribution in [3.05, 3.63) is 18.0 Å². The number of aromatic nitrogens is 2. The Morgan fingerprint density at radius 3 is 2.69 bits per heavy atom. The van der Waals surface area contributed by atoms with Gasteiger partial charge >= 0.3 is 12.4 Å². The molecule has 3 saturated carbocycles. The van der Waals surface area contributed by atoms with Crippen LogP contribution in [0.25, 0.3) is 0 Å². The molecule has 3 fully saturated rings. The Kier molecular flexibility index (Phi) is 7.11. The second-order valence-electron chi connectivity index (χ2n) is 13.6. The Hall–Kier alpha value is -1.36. The molecular weight excluding hydrogens is 434 g/mol. The van der Waals surface area contributed by atoms with E-state index in [2.05, 4.69) is 45.8 Å². The summed E-state index contributed by atoms with van der Waals surface area (Å²) in [7, 11) is 0. The van der Waals surface area contributed by atoms with Gasteiger partial charge in [0.1, 0.15) is 0 Å². The fraction of sp³-hybridized carbons (Fsp3) is 0.867. The van der Waals surface area contributed by atoms with Crippen molar-refractivity contribution in [2.75, 3.05) is 5.73 Å². The highest BCUT2D eigenvalue weighted by Crippen LogP contribution is 2.67. The molecule has 0 amide bonds. The number of nitrogens with zero attached hydrogens (tertiary/aromatic N) is 2. The fourth-order valence-corrected chi connectivity index (χ4v) is 9.32. The Balaban J connectivity index is 1.23. The third-order valence-electron chi connectivity index (χ3n) is 11.2. The monoisotopic (exact) mass is 484 g/mol. The molecule has 0 spiro atoms. The normalized spacial score (nSPS) is 39.6. The largest absolute Gasteiger partial charge is 0.370 e. The number of hydrogen-bond acceptors (Lipinski definition) is 4. The predicted octanol–water partition coefficient (Wildman–Crippen LogP) is 6.93. The number of rotatable bonds is 8. The molecule has 1 aromatic heterocycles. The lowest BCUT2D eigenvalue weighted by Crippen LogP contribution is -2.51. The van der Waals surface area contributed by atoms with Crippen molar-refractivity contribution in [3.63, 3.8) is 0 Å². The molecule has 0 radical (unpaired) electrons. The first-order valence-electron chi connectivity index (χ1n) is 14.6. The van der Waals surface area contributed by atoms with Gasteiger partial charge in [0.15, 0.2) is 0 Å². The third kappa shape index (κ3) is 4.71. The summed E-state index contributed by atoms with van der Waals surface area (Å²) in [5, 5.41) is 4.11. The van der Waals surface area contributed by atoms with Gasteiger partial charge in [0, 0.05) is 0 Å². The van der Waals surface area contributed by atoms with E-state index in [9.17, 15) is 0 Å². The molecule has 1 heterocycles. The molecule has 5 nitrogen and oxygen atoms in total. The summed E-state index contributed by atoms with van der Waals surface area (Å²) < 4.78 is 13.0. The molecule has 196 valence electrons. The van der Waals surface area contributed by atoms with Crippen LogP contribution in [0.2, 0.25) is 0 Å². The molecule has 8 atom stereocenters. The summed E-state index contributed by atoms with van der Waals surface area (Å²) in [6.07, 6.45) is 19.3. The molecule has 5 heteroatoms. The van der Waals surface area contributed by atoms with Gasteiger partial charge in [-0.3, -0.25) is 0 Å². The van der Waals surface area contributed by atoms with E-state index in [0.29, 0.717) is 17.6 Å². The first kappa shape index (κ1) is 25.3. The first-order chi connectivity index (χ1) is 16.7. The molecule has 4 aliphatic rings. The van der Waals surface area contributed by atoms with Crippen LogP contribution in [0.1, 0.15) is 105 Å². The molecule has 5 rings (SSSR count). The highest BCUT2D eigenvalue weighted by atomic mass is 16.5.